The number of aromatic amines is 1. The summed E-state index contributed by atoms with van der Waals surface area (Å²) in [6.45, 7) is 5.09. The minimum absolute atomic E-state index is 0.0787. The maximum Gasteiger partial charge on any atom is 0.332 e. The Kier molecular flexibility index (Phi) is 4.53. The van der Waals surface area contributed by atoms with Crippen LogP contribution in [0, 0.1) is 5.92 Å². The van der Waals surface area contributed by atoms with Crippen LogP contribution in [0.25, 0.3) is 11.2 Å². The lowest BCUT2D eigenvalue weighted by Crippen LogP contribution is -2.40. The number of hydrogen-bond acceptors (Lipinski definition) is 3. The van der Waals surface area contributed by atoms with Gasteiger partial charge in [0.2, 0.25) is 0 Å². The Morgan fingerprint density at radius 3 is 2.38 bits per heavy atom. The number of H-pyrrole nitrogens is 1. The fraction of sp³-hybridized carbons (Fsp3) is 0.750. The average Bonchev–Trinajstić information content (AvgIpc) is 3.09. The van der Waals surface area contributed by atoms with Gasteiger partial charge in [-0.15, -0.1) is 0 Å². The molecule has 142 valence electrons. The number of aryl methyl sites for hydroxylation is 1. The first kappa shape index (κ1) is 17.6. The van der Waals surface area contributed by atoms with Crippen LogP contribution >= 0.6 is 0 Å². The number of aromatic nitrogens is 4. The Hall–Kier alpha value is -1.85. The molecule has 26 heavy (non-hydrogen) atoms. The Balaban J connectivity index is 1.91. The van der Waals surface area contributed by atoms with Gasteiger partial charge in [0, 0.05) is 18.5 Å². The molecule has 2 aliphatic rings. The number of nitrogens with one attached hydrogen (secondary N) is 1. The van der Waals surface area contributed by atoms with E-state index < -0.39 is 0 Å². The molecule has 2 aromatic heterocycles. The van der Waals surface area contributed by atoms with Crippen LogP contribution in [0.3, 0.4) is 0 Å². The summed E-state index contributed by atoms with van der Waals surface area (Å²) < 4.78 is 3.08. The zero-order valence-corrected chi connectivity index (χ0v) is 16.0. The molecule has 0 spiro atoms. The Morgan fingerprint density at radius 1 is 1.08 bits per heavy atom. The molecule has 0 amide bonds. The van der Waals surface area contributed by atoms with Crippen molar-refractivity contribution in [2.45, 2.75) is 90.1 Å². The number of rotatable bonds is 5. The van der Waals surface area contributed by atoms with E-state index in [1.807, 2.05) is 13.8 Å². The van der Waals surface area contributed by atoms with E-state index in [0.29, 0.717) is 24.3 Å². The predicted molar refractivity (Wildman–Crippen MR) is 103 cm³/mol. The summed E-state index contributed by atoms with van der Waals surface area (Å²) in [4.78, 5) is 34.1. The summed E-state index contributed by atoms with van der Waals surface area (Å²) >= 11 is 0. The van der Waals surface area contributed by atoms with Crippen LogP contribution < -0.4 is 11.2 Å². The first-order chi connectivity index (χ1) is 12.6. The van der Waals surface area contributed by atoms with Crippen LogP contribution in [0.5, 0.6) is 0 Å². The quantitative estimate of drug-likeness (QED) is 0.891. The molecule has 2 aliphatic carbocycles. The van der Waals surface area contributed by atoms with E-state index in [1.54, 1.807) is 4.57 Å². The van der Waals surface area contributed by atoms with Gasteiger partial charge in [-0.2, -0.15) is 0 Å². The molecule has 6 nitrogen and oxygen atoms in total. The van der Waals surface area contributed by atoms with Crippen molar-refractivity contribution in [1.82, 2.24) is 19.1 Å². The van der Waals surface area contributed by atoms with E-state index in [-0.39, 0.29) is 16.7 Å². The van der Waals surface area contributed by atoms with Crippen molar-refractivity contribution < 1.29 is 0 Å². The van der Waals surface area contributed by atoms with Crippen molar-refractivity contribution in [2.24, 2.45) is 5.92 Å². The predicted octanol–water partition coefficient (Wildman–Crippen LogP) is 3.32. The normalized spacial score (nSPS) is 25.7. The van der Waals surface area contributed by atoms with Gasteiger partial charge in [0.15, 0.2) is 5.65 Å². The van der Waals surface area contributed by atoms with Gasteiger partial charge in [0.05, 0.1) is 0 Å². The van der Waals surface area contributed by atoms with Crippen LogP contribution in [-0.4, -0.2) is 19.1 Å². The number of nitrogens with zero attached hydrogens (tertiary/aromatic N) is 3. The van der Waals surface area contributed by atoms with E-state index in [4.69, 9.17) is 4.98 Å². The average molecular weight is 358 g/mol. The lowest BCUT2D eigenvalue weighted by Gasteiger charge is -2.43. The van der Waals surface area contributed by atoms with E-state index >= 15 is 0 Å². The van der Waals surface area contributed by atoms with Crippen molar-refractivity contribution in [3.8, 4) is 0 Å². The highest BCUT2D eigenvalue weighted by Gasteiger charge is 2.43. The van der Waals surface area contributed by atoms with Crippen molar-refractivity contribution in [1.29, 1.82) is 0 Å². The molecule has 0 saturated heterocycles. The third-order valence-corrected chi connectivity index (χ3v) is 6.47. The summed E-state index contributed by atoms with van der Waals surface area (Å²) in [5.41, 5.74) is 0.731. The minimum Gasteiger partial charge on any atom is -0.336 e. The molecule has 2 aromatic rings. The largest absolute Gasteiger partial charge is 0.336 e. The topological polar surface area (TPSA) is 72.7 Å². The van der Waals surface area contributed by atoms with Gasteiger partial charge in [0.1, 0.15) is 11.3 Å². The first-order valence-electron chi connectivity index (χ1n) is 10.3. The van der Waals surface area contributed by atoms with Crippen LogP contribution in [0.4, 0.5) is 0 Å². The fourth-order valence-electron chi connectivity index (χ4n) is 5.29. The zero-order chi connectivity index (χ0) is 18.3. The smallest absolute Gasteiger partial charge is 0.332 e. The summed E-state index contributed by atoms with van der Waals surface area (Å²) in [6, 6.07) is 0. The van der Waals surface area contributed by atoms with Gasteiger partial charge >= 0.3 is 5.69 Å². The summed E-state index contributed by atoms with van der Waals surface area (Å²) in [5, 5.41) is 0. The lowest BCUT2D eigenvalue weighted by molar-refractivity contribution is 0.142. The van der Waals surface area contributed by atoms with Crippen LogP contribution in [0.15, 0.2) is 9.59 Å². The number of fused-ring (bicyclic) bond motifs is 3. The molecule has 2 bridgehead atoms. The fourth-order valence-corrected chi connectivity index (χ4v) is 5.29. The SMILES string of the molecule is CCCn1c(=O)c2[nH]c(C34CCCC(CCC3)C4)nc2n(CCC)c1=O. The molecule has 0 radical (unpaired) electrons. The second-order valence-corrected chi connectivity index (χ2v) is 8.31. The monoisotopic (exact) mass is 358 g/mol. The lowest BCUT2D eigenvalue weighted by atomic mass is 9.61. The van der Waals surface area contributed by atoms with Crippen LogP contribution in [-0.2, 0) is 18.5 Å². The molecule has 2 saturated carbocycles. The third-order valence-electron chi connectivity index (χ3n) is 6.47. The van der Waals surface area contributed by atoms with Gasteiger partial charge in [-0.3, -0.25) is 13.9 Å². The summed E-state index contributed by atoms with van der Waals surface area (Å²) in [7, 11) is 0. The molecule has 0 aromatic carbocycles. The second kappa shape index (κ2) is 6.71. The maximum absolute atomic E-state index is 12.9. The van der Waals surface area contributed by atoms with Gasteiger partial charge in [-0.05, 0) is 38.0 Å². The summed E-state index contributed by atoms with van der Waals surface area (Å²) in [6.07, 6.45) is 10.2. The molecular weight excluding hydrogens is 328 g/mol. The number of imidazole rings is 1. The molecule has 2 heterocycles. The van der Waals surface area contributed by atoms with E-state index in [1.165, 1.54) is 36.7 Å². The highest BCUT2D eigenvalue weighted by Crippen LogP contribution is 2.49. The minimum atomic E-state index is -0.216. The van der Waals surface area contributed by atoms with Crippen LogP contribution in [0.1, 0.15) is 77.5 Å². The van der Waals surface area contributed by atoms with E-state index in [2.05, 4.69) is 4.98 Å². The molecule has 6 heteroatoms. The Morgan fingerprint density at radius 2 is 1.73 bits per heavy atom. The Labute approximate surface area is 153 Å². The van der Waals surface area contributed by atoms with E-state index in [9.17, 15) is 9.59 Å². The highest BCUT2D eigenvalue weighted by molar-refractivity contribution is 5.70. The molecular formula is C20H30N4O2. The molecule has 1 N–H and O–H groups in total. The van der Waals surface area contributed by atoms with Crippen molar-refractivity contribution in [3.05, 3.63) is 26.7 Å². The van der Waals surface area contributed by atoms with Gasteiger partial charge in [0.25, 0.3) is 5.56 Å². The molecule has 2 fully saturated rings. The first-order valence-corrected chi connectivity index (χ1v) is 10.3. The molecule has 0 atom stereocenters. The third kappa shape index (κ3) is 2.65. The van der Waals surface area contributed by atoms with Crippen molar-refractivity contribution >= 4 is 11.2 Å². The maximum atomic E-state index is 12.9. The molecule has 4 rings (SSSR count). The zero-order valence-electron chi connectivity index (χ0n) is 16.0. The second-order valence-electron chi connectivity index (χ2n) is 8.31. The standard InChI is InChI=1S/C20H30N4O2/c1-3-11-23-16-15(17(25)24(12-4-2)19(23)26)21-18(22-16)20-9-5-7-14(13-20)8-6-10-20/h14H,3-13H2,1-2H3,(H,21,22). The summed E-state index contributed by atoms with van der Waals surface area (Å²) in [5.74, 6) is 1.74. The van der Waals surface area contributed by atoms with Crippen molar-refractivity contribution in [3.63, 3.8) is 0 Å². The van der Waals surface area contributed by atoms with Crippen LogP contribution in [0.2, 0.25) is 0 Å². The Bertz CT molecular complexity index is 910. The highest BCUT2D eigenvalue weighted by atomic mass is 16.2. The van der Waals surface area contributed by atoms with Gasteiger partial charge < -0.3 is 4.98 Å². The molecule has 0 aliphatic heterocycles. The van der Waals surface area contributed by atoms with Gasteiger partial charge in [-0.25, -0.2) is 9.78 Å². The number of hydrogen-bond donors (Lipinski definition) is 1. The van der Waals surface area contributed by atoms with Gasteiger partial charge in [-0.1, -0.05) is 39.5 Å². The molecule has 0 unspecified atom stereocenters. The van der Waals surface area contributed by atoms with E-state index in [0.717, 1.165) is 37.4 Å². The van der Waals surface area contributed by atoms with Crippen molar-refractivity contribution in [2.75, 3.05) is 0 Å².